The van der Waals surface area contributed by atoms with Gasteiger partial charge in [-0.15, -0.1) is 0 Å². The summed E-state index contributed by atoms with van der Waals surface area (Å²) in [5.74, 6) is 0.625. The van der Waals surface area contributed by atoms with Crippen LogP contribution in [-0.4, -0.2) is 27.0 Å². The van der Waals surface area contributed by atoms with E-state index in [-0.39, 0.29) is 10.5 Å². The molecular weight excluding hydrogens is 290 g/mol. The Morgan fingerprint density at radius 3 is 2.86 bits per heavy atom. The number of anilines is 1. The molecule has 3 rings (SSSR count). The number of fused-ring (bicyclic) bond motifs is 1. The first kappa shape index (κ1) is 14.2. The number of nitrogens with two attached hydrogens (primary N) is 1. The smallest absolute Gasteiger partial charge is 0.326 e. The van der Waals surface area contributed by atoms with Crippen LogP contribution in [-0.2, 0) is 0 Å². The van der Waals surface area contributed by atoms with Gasteiger partial charge in [0.25, 0.3) is 0 Å². The Balaban J connectivity index is 1.81. The summed E-state index contributed by atoms with van der Waals surface area (Å²) in [6.07, 6.45) is 6.97. The van der Waals surface area contributed by atoms with Crippen LogP contribution in [0, 0.1) is 10.1 Å². The minimum atomic E-state index is -0.401. The van der Waals surface area contributed by atoms with E-state index in [0.717, 1.165) is 37.0 Å². The van der Waals surface area contributed by atoms with Crippen molar-refractivity contribution in [1.29, 1.82) is 0 Å². The van der Waals surface area contributed by atoms with Crippen molar-refractivity contribution >= 4 is 32.4 Å². The van der Waals surface area contributed by atoms with Gasteiger partial charge in [0.15, 0.2) is 0 Å². The maximum atomic E-state index is 10.9. The average molecular weight is 307 g/mol. The van der Waals surface area contributed by atoms with Gasteiger partial charge in [-0.3, -0.25) is 10.1 Å². The lowest BCUT2D eigenvalue weighted by atomic mass is 9.82. The van der Waals surface area contributed by atoms with E-state index in [1.54, 1.807) is 0 Å². The van der Waals surface area contributed by atoms with Gasteiger partial charge in [0.1, 0.15) is 17.0 Å². The third-order valence-electron chi connectivity index (χ3n) is 3.95. The van der Waals surface area contributed by atoms with Crippen LogP contribution in [0.1, 0.15) is 32.1 Å². The minimum absolute atomic E-state index is 0.0775. The molecule has 7 nitrogen and oxygen atoms in total. The van der Waals surface area contributed by atoms with Crippen LogP contribution < -0.4 is 11.1 Å². The van der Waals surface area contributed by atoms with Crippen molar-refractivity contribution < 1.29 is 4.92 Å². The molecule has 0 aromatic carbocycles. The van der Waals surface area contributed by atoms with Gasteiger partial charge < -0.3 is 11.1 Å². The Bertz CT molecular complexity index is 666. The standard InChI is InChI=1S/C13H17N5O2S/c14-13(4-2-1-3-5-13)7-15-11-9-6-10(18(19)20)21-12(9)17-8-16-11/h6,8H,1-5,7,14H2,(H,15,16,17). The van der Waals surface area contributed by atoms with Gasteiger partial charge in [0.05, 0.1) is 10.3 Å². The number of hydrogen-bond donors (Lipinski definition) is 2. The molecule has 21 heavy (non-hydrogen) atoms. The average Bonchev–Trinajstić information content (AvgIpc) is 2.91. The van der Waals surface area contributed by atoms with E-state index in [2.05, 4.69) is 15.3 Å². The van der Waals surface area contributed by atoms with E-state index in [1.165, 1.54) is 18.8 Å². The number of hydrogen-bond acceptors (Lipinski definition) is 7. The van der Waals surface area contributed by atoms with Crippen molar-refractivity contribution in [2.24, 2.45) is 5.73 Å². The highest BCUT2D eigenvalue weighted by Crippen LogP contribution is 2.33. The quantitative estimate of drug-likeness (QED) is 0.664. The largest absolute Gasteiger partial charge is 0.368 e. The van der Waals surface area contributed by atoms with Gasteiger partial charge in [-0.25, -0.2) is 9.97 Å². The normalized spacial score (nSPS) is 17.8. The van der Waals surface area contributed by atoms with E-state index in [1.807, 2.05) is 0 Å². The zero-order chi connectivity index (χ0) is 14.9. The Hall–Kier alpha value is -1.80. The highest BCUT2D eigenvalue weighted by atomic mass is 32.1. The Labute approximate surface area is 125 Å². The zero-order valence-electron chi connectivity index (χ0n) is 11.5. The summed E-state index contributed by atoms with van der Waals surface area (Å²) in [4.78, 5) is 19.4. The first-order valence-corrected chi connectivity index (χ1v) is 7.81. The van der Waals surface area contributed by atoms with Crippen LogP contribution in [0.25, 0.3) is 10.2 Å². The zero-order valence-corrected chi connectivity index (χ0v) is 12.4. The second kappa shape index (κ2) is 5.53. The molecule has 0 saturated heterocycles. The second-order valence-electron chi connectivity index (χ2n) is 5.56. The lowest BCUT2D eigenvalue weighted by molar-refractivity contribution is -0.380. The molecule has 0 unspecified atom stereocenters. The van der Waals surface area contributed by atoms with E-state index in [0.29, 0.717) is 22.6 Å². The molecule has 0 bridgehead atoms. The molecule has 1 fully saturated rings. The summed E-state index contributed by atoms with van der Waals surface area (Å²) >= 11 is 1.06. The maximum absolute atomic E-state index is 10.9. The van der Waals surface area contributed by atoms with Crippen LogP contribution in [0.4, 0.5) is 10.8 Å². The third kappa shape index (κ3) is 2.96. The fourth-order valence-electron chi connectivity index (χ4n) is 2.77. The number of thiophene rings is 1. The second-order valence-corrected chi connectivity index (χ2v) is 6.57. The van der Waals surface area contributed by atoms with Crippen molar-refractivity contribution in [2.75, 3.05) is 11.9 Å². The predicted octanol–water partition coefficient (Wildman–Crippen LogP) is 2.67. The summed E-state index contributed by atoms with van der Waals surface area (Å²) < 4.78 is 0. The summed E-state index contributed by atoms with van der Waals surface area (Å²) in [6.45, 7) is 0.628. The Kier molecular flexibility index (Phi) is 3.73. The molecule has 0 spiro atoms. The van der Waals surface area contributed by atoms with Crippen molar-refractivity contribution in [3.8, 4) is 0 Å². The molecule has 0 amide bonds. The van der Waals surface area contributed by atoms with Gasteiger partial charge in [-0.1, -0.05) is 19.3 Å². The molecular formula is C13H17N5O2S. The lowest BCUT2D eigenvalue weighted by Crippen LogP contribution is -2.47. The molecule has 2 aromatic rings. The van der Waals surface area contributed by atoms with Crippen molar-refractivity contribution in [3.63, 3.8) is 0 Å². The van der Waals surface area contributed by atoms with Crippen molar-refractivity contribution in [2.45, 2.75) is 37.6 Å². The van der Waals surface area contributed by atoms with Crippen LogP contribution in [0.15, 0.2) is 12.4 Å². The summed E-state index contributed by atoms with van der Waals surface area (Å²) in [5, 5.41) is 14.9. The van der Waals surface area contributed by atoms with E-state index < -0.39 is 4.92 Å². The fourth-order valence-corrected chi connectivity index (χ4v) is 3.58. The molecule has 8 heteroatoms. The molecule has 1 aliphatic rings. The first-order chi connectivity index (χ1) is 10.1. The SMILES string of the molecule is NC1(CNc2ncnc3sc([N+](=O)[O-])cc23)CCCCC1. The van der Waals surface area contributed by atoms with Crippen molar-refractivity contribution in [1.82, 2.24) is 9.97 Å². The molecule has 1 saturated carbocycles. The van der Waals surface area contributed by atoms with Crippen molar-refractivity contribution in [3.05, 3.63) is 22.5 Å². The van der Waals surface area contributed by atoms with Gasteiger partial charge in [-0.2, -0.15) is 0 Å². The van der Waals surface area contributed by atoms with Gasteiger partial charge in [0.2, 0.25) is 0 Å². The monoisotopic (exact) mass is 307 g/mol. The predicted molar refractivity (Wildman–Crippen MR) is 82.6 cm³/mol. The van der Waals surface area contributed by atoms with Gasteiger partial charge >= 0.3 is 5.00 Å². The Morgan fingerprint density at radius 1 is 1.38 bits per heavy atom. The molecule has 2 aromatic heterocycles. The van der Waals surface area contributed by atoms with Gasteiger partial charge in [0, 0.05) is 18.2 Å². The minimum Gasteiger partial charge on any atom is -0.368 e. The first-order valence-electron chi connectivity index (χ1n) is 6.99. The van der Waals surface area contributed by atoms with Crippen LogP contribution >= 0.6 is 11.3 Å². The Morgan fingerprint density at radius 2 is 2.14 bits per heavy atom. The van der Waals surface area contributed by atoms with Gasteiger partial charge in [-0.05, 0) is 24.2 Å². The number of nitrogens with one attached hydrogen (secondary N) is 1. The lowest BCUT2D eigenvalue weighted by Gasteiger charge is -2.33. The van der Waals surface area contributed by atoms with Crippen LogP contribution in [0.2, 0.25) is 0 Å². The molecule has 3 N–H and O–H groups in total. The fraction of sp³-hybridized carbons (Fsp3) is 0.538. The molecule has 0 aliphatic heterocycles. The summed E-state index contributed by atoms with van der Waals surface area (Å²) in [5.41, 5.74) is 6.18. The summed E-state index contributed by atoms with van der Waals surface area (Å²) in [6, 6.07) is 1.52. The third-order valence-corrected chi connectivity index (χ3v) is 4.95. The molecule has 1 aliphatic carbocycles. The van der Waals surface area contributed by atoms with Crippen LogP contribution in [0.3, 0.4) is 0 Å². The molecule has 0 atom stereocenters. The number of aromatic nitrogens is 2. The number of nitrogens with zero attached hydrogens (tertiary/aromatic N) is 3. The molecule has 112 valence electrons. The molecule has 0 radical (unpaired) electrons. The highest BCUT2D eigenvalue weighted by molar-refractivity contribution is 7.21. The van der Waals surface area contributed by atoms with E-state index in [4.69, 9.17) is 5.73 Å². The van der Waals surface area contributed by atoms with E-state index >= 15 is 0 Å². The summed E-state index contributed by atoms with van der Waals surface area (Å²) in [7, 11) is 0. The highest BCUT2D eigenvalue weighted by Gasteiger charge is 2.27. The number of rotatable bonds is 4. The van der Waals surface area contributed by atoms with E-state index in [9.17, 15) is 10.1 Å². The maximum Gasteiger partial charge on any atom is 0.326 e. The number of nitro groups is 1. The molecule has 2 heterocycles. The van der Waals surface area contributed by atoms with Crippen LogP contribution in [0.5, 0.6) is 0 Å². The topological polar surface area (TPSA) is 107 Å².